The Labute approximate surface area is 140 Å². The molecule has 0 aliphatic rings. The van der Waals surface area contributed by atoms with E-state index in [4.69, 9.17) is 16.2 Å². The van der Waals surface area contributed by atoms with Gasteiger partial charge in [-0.2, -0.15) is 0 Å². The van der Waals surface area contributed by atoms with Crippen LogP contribution in [0, 0.1) is 6.92 Å². The summed E-state index contributed by atoms with van der Waals surface area (Å²) in [7, 11) is 0. The van der Waals surface area contributed by atoms with Crippen molar-refractivity contribution in [1.29, 1.82) is 0 Å². The van der Waals surface area contributed by atoms with E-state index in [-0.39, 0.29) is 6.54 Å². The Bertz CT molecular complexity index is 869. The molecule has 0 aliphatic carbocycles. The predicted molar refractivity (Wildman–Crippen MR) is 92.4 cm³/mol. The number of carbonyl (C=O) groups is 1. The molecular formula is C18H21N4O2+. The Kier molecular flexibility index (Phi) is 4.37. The van der Waals surface area contributed by atoms with Crippen molar-refractivity contribution in [1.82, 2.24) is 4.57 Å². The summed E-state index contributed by atoms with van der Waals surface area (Å²) in [6.45, 7) is 3.14. The molecule has 24 heavy (non-hydrogen) atoms. The number of ether oxygens (including phenoxy) is 1. The molecule has 2 aromatic carbocycles. The molecule has 3 aromatic rings. The minimum Gasteiger partial charge on any atom is -0.490 e. The number of nitrogen functional groups attached to an aromatic ring is 1. The van der Waals surface area contributed by atoms with E-state index >= 15 is 0 Å². The van der Waals surface area contributed by atoms with Gasteiger partial charge in [0, 0.05) is 0 Å². The van der Waals surface area contributed by atoms with E-state index < -0.39 is 5.91 Å². The highest BCUT2D eigenvalue weighted by Gasteiger charge is 2.21. The van der Waals surface area contributed by atoms with E-state index in [2.05, 4.69) is 0 Å². The molecule has 0 saturated heterocycles. The van der Waals surface area contributed by atoms with Crippen LogP contribution in [-0.2, 0) is 17.9 Å². The summed E-state index contributed by atoms with van der Waals surface area (Å²) in [6, 6.07) is 15.6. The van der Waals surface area contributed by atoms with Gasteiger partial charge < -0.3 is 10.5 Å². The highest BCUT2D eigenvalue weighted by Crippen LogP contribution is 2.17. The molecule has 0 fully saturated rings. The van der Waals surface area contributed by atoms with Crippen molar-refractivity contribution in [3.05, 3.63) is 54.1 Å². The van der Waals surface area contributed by atoms with Gasteiger partial charge in [0.2, 0.25) is 0 Å². The normalized spacial score (nSPS) is 10.9. The van der Waals surface area contributed by atoms with Crippen molar-refractivity contribution in [3.8, 4) is 5.75 Å². The first kappa shape index (κ1) is 15.9. The lowest BCUT2D eigenvalue weighted by molar-refractivity contribution is -0.644. The lowest BCUT2D eigenvalue weighted by atomic mass is 10.2. The van der Waals surface area contributed by atoms with E-state index in [1.807, 2.05) is 60.0 Å². The molecule has 124 valence electrons. The maximum Gasteiger partial charge on any atom is 0.356 e. The molecule has 1 amide bonds. The van der Waals surface area contributed by atoms with Gasteiger partial charge in [-0.15, -0.1) is 0 Å². The third-order valence-corrected chi connectivity index (χ3v) is 3.93. The molecule has 6 heteroatoms. The van der Waals surface area contributed by atoms with E-state index in [1.54, 1.807) is 4.57 Å². The van der Waals surface area contributed by atoms with Crippen LogP contribution in [0.15, 0.2) is 48.5 Å². The topological polar surface area (TPSA) is 87.2 Å². The van der Waals surface area contributed by atoms with Gasteiger partial charge >= 0.3 is 5.95 Å². The van der Waals surface area contributed by atoms with Crippen LogP contribution in [-0.4, -0.2) is 17.1 Å². The summed E-state index contributed by atoms with van der Waals surface area (Å²) >= 11 is 0. The Morgan fingerprint density at radius 3 is 2.58 bits per heavy atom. The van der Waals surface area contributed by atoms with Crippen LogP contribution in [0.4, 0.5) is 5.95 Å². The average molecular weight is 325 g/mol. The molecule has 0 aliphatic heterocycles. The number of hydrogen-bond acceptors (Lipinski definition) is 3. The third kappa shape index (κ3) is 3.17. The van der Waals surface area contributed by atoms with Crippen LogP contribution in [0.3, 0.4) is 0 Å². The Morgan fingerprint density at radius 2 is 1.88 bits per heavy atom. The first-order valence-electron chi connectivity index (χ1n) is 7.80. The number of rotatable bonds is 6. The lowest BCUT2D eigenvalue weighted by Crippen LogP contribution is -2.42. The second-order valence-corrected chi connectivity index (χ2v) is 5.71. The molecule has 0 bridgehead atoms. The number of aromatic nitrogens is 2. The molecule has 0 atom stereocenters. The smallest absolute Gasteiger partial charge is 0.356 e. The van der Waals surface area contributed by atoms with Crippen LogP contribution in [0.25, 0.3) is 11.0 Å². The number of hydrogen-bond donors (Lipinski definition) is 2. The van der Waals surface area contributed by atoms with Crippen LogP contribution in [0.2, 0.25) is 0 Å². The Hall–Kier alpha value is -3.02. The van der Waals surface area contributed by atoms with Crippen molar-refractivity contribution >= 4 is 22.9 Å². The van der Waals surface area contributed by atoms with Gasteiger partial charge in [-0.05, 0) is 31.2 Å². The molecular weight excluding hydrogens is 304 g/mol. The third-order valence-electron chi connectivity index (χ3n) is 3.93. The summed E-state index contributed by atoms with van der Waals surface area (Å²) in [6.07, 6.45) is 0. The monoisotopic (exact) mass is 325 g/mol. The summed E-state index contributed by atoms with van der Waals surface area (Å²) in [5.41, 5.74) is 14.6. The van der Waals surface area contributed by atoms with Gasteiger partial charge in [0.15, 0.2) is 6.54 Å². The first-order valence-corrected chi connectivity index (χ1v) is 7.80. The number of nitrogens with two attached hydrogens (primary N) is 2. The second-order valence-electron chi connectivity index (χ2n) is 5.71. The number of amides is 1. The SMILES string of the molecule is Cc1ccc(OCCn2c(N)[n+](CC(N)=O)c3ccccc32)cc1. The van der Waals surface area contributed by atoms with Gasteiger partial charge in [-0.3, -0.25) is 10.5 Å². The van der Waals surface area contributed by atoms with Crippen LogP contribution in [0.1, 0.15) is 5.56 Å². The minimum atomic E-state index is -0.425. The summed E-state index contributed by atoms with van der Waals surface area (Å²) in [5, 5.41) is 0. The highest BCUT2D eigenvalue weighted by molar-refractivity contribution is 5.76. The van der Waals surface area contributed by atoms with E-state index in [0.717, 1.165) is 16.8 Å². The van der Waals surface area contributed by atoms with Gasteiger partial charge in [0.1, 0.15) is 29.9 Å². The molecule has 1 aromatic heterocycles. The molecule has 3 rings (SSSR count). The summed E-state index contributed by atoms with van der Waals surface area (Å²) in [4.78, 5) is 11.3. The van der Waals surface area contributed by atoms with Crippen LogP contribution < -0.4 is 20.8 Å². The molecule has 6 nitrogen and oxygen atoms in total. The summed E-state index contributed by atoms with van der Waals surface area (Å²) < 4.78 is 9.44. The van der Waals surface area contributed by atoms with E-state index in [1.165, 1.54) is 5.56 Å². The maximum atomic E-state index is 11.3. The van der Waals surface area contributed by atoms with Gasteiger partial charge in [-0.1, -0.05) is 29.8 Å². The maximum absolute atomic E-state index is 11.3. The zero-order valence-corrected chi connectivity index (χ0v) is 13.6. The molecule has 0 saturated carbocycles. The average Bonchev–Trinajstić information content (AvgIpc) is 2.82. The molecule has 0 radical (unpaired) electrons. The van der Waals surface area contributed by atoms with Gasteiger partial charge in [-0.25, -0.2) is 9.13 Å². The number of carbonyl (C=O) groups excluding carboxylic acids is 1. The highest BCUT2D eigenvalue weighted by atomic mass is 16.5. The second kappa shape index (κ2) is 6.62. The fraction of sp³-hybridized carbons (Fsp3) is 0.222. The standard InChI is InChI=1S/C18H20N4O2/c1-13-6-8-14(9-7-13)24-11-10-21-15-4-2-3-5-16(15)22(18(21)20)12-17(19)23/h2-9,20H,10-12H2,1H3,(H2,19,23)/p+1. The number of anilines is 1. The Balaban J connectivity index is 1.82. The van der Waals surface area contributed by atoms with E-state index in [0.29, 0.717) is 19.1 Å². The van der Waals surface area contributed by atoms with Crippen molar-refractivity contribution < 1.29 is 14.1 Å². The molecule has 1 heterocycles. The lowest BCUT2D eigenvalue weighted by Gasteiger charge is -2.06. The number of imidazole rings is 1. The van der Waals surface area contributed by atoms with Crippen molar-refractivity contribution in [3.63, 3.8) is 0 Å². The van der Waals surface area contributed by atoms with Crippen molar-refractivity contribution in [2.45, 2.75) is 20.0 Å². The number of benzene rings is 2. The quantitative estimate of drug-likeness (QED) is 0.671. The van der Waals surface area contributed by atoms with Gasteiger partial charge in [0.25, 0.3) is 5.91 Å². The molecule has 0 unspecified atom stereocenters. The number of fused-ring (bicyclic) bond motifs is 1. The number of aryl methyl sites for hydroxylation is 1. The molecule has 4 N–H and O–H groups in total. The Morgan fingerprint density at radius 1 is 1.17 bits per heavy atom. The summed E-state index contributed by atoms with van der Waals surface area (Å²) in [5.74, 6) is 0.883. The fourth-order valence-electron chi connectivity index (χ4n) is 2.76. The van der Waals surface area contributed by atoms with Crippen LogP contribution in [0.5, 0.6) is 5.75 Å². The van der Waals surface area contributed by atoms with Crippen molar-refractivity contribution in [2.24, 2.45) is 5.73 Å². The molecule has 0 spiro atoms. The van der Waals surface area contributed by atoms with E-state index in [9.17, 15) is 4.79 Å². The zero-order valence-electron chi connectivity index (χ0n) is 13.6. The van der Waals surface area contributed by atoms with Crippen molar-refractivity contribution in [2.75, 3.05) is 12.3 Å². The number of para-hydroxylation sites is 2. The minimum absolute atomic E-state index is 0.0537. The largest absolute Gasteiger partial charge is 0.490 e. The fourth-order valence-corrected chi connectivity index (χ4v) is 2.76. The van der Waals surface area contributed by atoms with Gasteiger partial charge in [0.05, 0.1) is 0 Å². The first-order chi connectivity index (χ1) is 11.6. The predicted octanol–water partition coefficient (Wildman–Crippen LogP) is 1.38. The number of primary amides is 1. The number of nitrogens with zero attached hydrogens (tertiary/aromatic N) is 2. The zero-order chi connectivity index (χ0) is 17.1. The van der Waals surface area contributed by atoms with Crippen LogP contribution >= 0.6 is 0 Å².